The molecule has 1 fully saturated rings. The van der Waals surface area contributed by atoms with Crippen LogP contribution < -0.4 is 5.32 Å². The number of carbonyl (C=O) groups excluding carboxylic acids is 2. The van der Waals surface area contributed by atoms with Crippen molar-refractivity contribution in [2.24, 2.45) is 0 Å². The van der Waals surface area contributed by atoms with Crippen molar-refractivity contribution >= 4 is 23.6 Å². The zero-order chi connectivity index (χ0) is 10.4. The Hall–Kier alpha value is -0.710. The van der Waals surface area contributed by atoms with Gasteiger partial charge in [-0.25, -0.2) is 0 Å². The second-order valence-electron chi connectivity index (χ2n) is 3.16. The van der Waals surface area contributed by atoms with Crippen molar-refractivity contribution in [3.63, 3.8) is 0 Å². The van der Waals surface area contributed by atoms with Crippen LogP contribution >= 0.6 is 11.8 Å². The van der Waals surface area contributed by atoms with E-state index in [2.05, 4.69) is 10.1 Å². The topological polar surface area (TPSA) is 55.4 Å². The summed E-state index contributed by atoms with van der Waals surface area (Å²) in [5.74, 6) is 0.0395. The van der Waals surface area contributed by atoms with Crippen molar-refractivity contribution in [1.82, 2.24) is 5.32 Å². The summed E-state index contributed by atoms with van der Waals surface area (Å²) in [7, 11) is 1.36. The Morgan fingerprint density at radius 2 is 2.43 bits per heavy atom. The molecule has 1 heterocycles. The van der Waals surface area contributed by atoms with E-state index in [9.17, 15) is 9.59 Å². The molecule has 0 aromatic rings. The number of hydrogen-bond acceptors (Lipinski definition) is 4. The maximum Gasteiger partial charge on any atom is 0.315 e. The van der Waals surface area contributed by atoms with E-state index < -0.39 is 0 Å². The first-order valence-electron chi connectivity index (χ1n) is 4.70. The molecule has 5 heteroatoms. The van der Waals surface area contributed by atoms with Crippen molar-refractivity contribution in [2.75, 3.05) is 19.4 Å². The summed E-state index contributed by atoms with van der Waals surface area (Å²) in [4.78, 5) is 22.3. The van der Waals surface area contributed by atoms with Crippen LogP contribution in [0.4, 0.5) is 0 Å². The molecule has 0 radical (unpaired) electrons. The molecule has 1 amide bonds. The maximum absolute atomic E-state index is 11.4. The van der Waals surface area contributed by atoms with Crippen LogP contribution in [-0.2, 0) is 14.3 Å². The number of nitrogens with one attached hydrogen (secondary N) is 1. The lowest BCUT2D eigenvalue weighted by Gasteiger charge is -2.11. The van der Waals surface area contributed by atoms with E-state index in [0.29, 0.717) is 0 Å². The van der Waals surface area contributed by atoms with Crippen LogP contribution in [0.25, 0.3) is 0 Å². The quantitative estimate of drug-likeness (QED) is 0.702. The minimum atomic E-state index is -0.271. The number of rotatable bonds is 3. The highest BCUT2D eigenvalue weighted by Gasteiger charge is 2.21. The molecule has 1 rings (SSSR count). The van der Waals surface area contributed by atoms with E-state index in [1.807, 2.05) is 0 Å². The first-order chi connectivity index (χ1) is 6.74. The van der Waals surface area contributed by atoms with Crippen LogP contribution in [0.5, 0.6) is 0 Å². The normalized spacial score (nSPS) is 22.4. The Labute approximate surface area is 87.8 Å². The molecule has 4 nitrogen and oxygen atoms in total. The summed E-state index contributed by atoms with van der Waals surface area (Å²) in [6.45, 7) is 0.758. The average molecular weight is 217 g/mol. The fourth-order valence-electron chi connectivity index (χ4n) is 1.30. The Morgan fingerprint density at radius 1 is 1.64 bits per heavy atom. The smallest absolute Gasteiger partial charge is 0.315 e. The number of thioether (sulfide) groups is 1. The summed E-state index contributed by atoms with van der Waals surface area (Å²) in [5.41, 5.74) is 0. The largest absolute Gasteiger partial charge is 0.468 e. The highest BCUT2D eigenvalue weighted by Crippen LogP contribution is 2.19. The number of esters is 1. The van der Waals surface area contributed by atoms with Crippen LogP contribution in [0.3, 0.4) is 0 Å². The molecule has 0 spiro atoms. The van der Waals surface area contributed by atoms with Crippen molar-refractivity contribution in [3.8, 4) is 0 Å². The molecule has 0 aromatic heterocycles. The number of carbonyl (C=O) groups is 2. The summed E-state index contributed by atoms with van der Waals surface area (Å²) >= 11 is 1.36. The van der Waals surface area contributed by atoms with E-state index >= 15 is 0 Å². The van der Waals surface area contributed by atoms with Gasteiger partial charge in [-0.2, -0.15) is 0 Å². The lowest BCUT2D eigenvalue weighted by atomic mass is 10.2. The predicted molar refractivity (Wildman–Crippen MR) is 55.1 cm³/mol. The fraction of sp³-hybridized carbons (Fsp3) is 0.778. The van der Waals surface area contributed by atoms with Gasteiger partial charge in [0, 0.05) is 6.54 Å². The third-order valence-corrected chi connectivity index (χ3v) is 3.37. The lowest BCUT2D eigenvalue weighted by Crippen LogP contribution is -2.31. The number of amides is 1. The monoisotopic (exact) mass is 217 g/mol. The van der Waals surface area contributed by atoms with Crippen molar-refractivity contribution in [1.29, 1.82) is 0 Å². The number of ether oxygens (including phenoxy) is 1. The van der Waals surface area contributed by atoms with E-state index in [1.54, 1.807) is 0 Å². The van der Waals surface area contributed by atoms with E-state index in [-0.39, 0.29) is 22.9 Å². The second kappa shape index (κ2) is 5.90. The van der Waals surface area contributed by atoms with Crippen LogP contribution in [0.15, 0.2) is 0 Å². The van der Waals surface area contributed by atoms with Gasteiger partial charge in [-0.15, -0.1) is 11.8 Å². The highest BCUT2D eigenvalue weighted by molar-refractivity contribution is 8.01. The molecule has 1 aliphatic rings. The Kier molecular flexibility index (Phi) is 4.79. The second-order valence-corrected chi connectivity index (χ2v) is 4.35. The minimum absolute atomic E-state index is 0.0522. The average Bonchev–Trinajstić information content (AvgIpc) is 2.39. The Balaban J connectivity index is 2.33. The minimum Gasteiger partial charge on any atom is -0.468 e. The molecular weight excluding hydrogens is 202 g/mol. The molecule has 1 saturated heterocycles. The summed E-state index contributed by atoms with van der Waals surface area (Å²) in [5, 5.41) is 2.74. The Morgan fingerprint density at radius 3 is 3.14 bits per heavy atom. The van der Waals surface area contributed by atoms with Gasteiger partial charge in [-0.1, -0.05) is 6.42 Å². The van der Waals surface area contributed by atoms with Gasteiger partial charge in [0.15, 0.2) is 0 Å². The van der Waals surface area contributed by atoms with Crippen LogP contribution in [-0.4, -0.2) is 36.5 Å². The molecule has 1 atom stereocenters. The molecule has 0 aromatic carbocycles. The van der Waals surface area contributed by atoms with Crippen LogP contribution in [0.2, 0.25) is 0 Å². The van der Waals surface area contributed by atoms with Gasteiger partial charge in [-0.05, 0) is 12.8 Å². The third-order valence-electron chi connectivity index (χ3n) is 2.11. The highest BCUT2D eigenvalue weighted by atomic mass is 32.2. The standard InChI is InChI=1S/C9H15NO3S/c1-13-8(11)6-14-7-4-2-3-5-10-9(7)12/h7H,2-6H2,1H3,(H,10,12)/t7-/m0/s1. The first-order valence-corrected chi connectivity index (χ1v) is 5.75. The van der Waals surface area contributed by atoms with E-state index in [1.165, 1.54) is 18.9 Å². The third kappa shape index (κ3) is 3.57. The molecule has 1 N–H and O–H groups in total. The number of hydrogen-bond donors (Lipinski definition) is 1. The van der Waals surface area contributed by atoms with Gasteiger partial charge in [0.05, 0.1) is 18.1 Å². The van der Waals surface area contributed by atoms with Crippen molar-refractivity contribution in [2.45, 2.75) is 24.5 Å². The van der Waals surface area contributed by atoms with Gasteiger partial charge >= 0.3 is 5.97 Å². The molecule has 0 unspecified atom stereocenters. The van der Waals surface area contributed by atoms with Gasteiger partial charge in [0.1, 0.15) is 0 Å². The molecule has 14 heavy (non-hydrogen) atoms. The van der Waals surface area contributed by atoms with Crippen molar-refractivity contribution < 1.29 is 14.3 Å². The summed E-state index contributed by atoms with van der Waals surface area (Å²) < 4.78 is 4.52. The fourth-order valence-corrected chi connectivity index (χ4v) is 2.32. The molecule has 0 saturated carbocycles. The van der Waals surface area contributed by atoms with Gasteiger partial charge in [0.25, 0.3) is 0 Å². The zero-order valence-corrected chi connectivity index (χ0v) is 9.06. The van der Waals surface area contributed by atoms with E-state index in [0.717, 1.165) is 25.8 Å². The Bertz CT molecular complexity index is 220. The first kappa shape index (κ1) is 11.4. The summed E-state index contributed by atoms with van der Waals surface area (Å²) in [6.07, 6.45) is 2.92. The SMILES string of the molecule is COC(=O)CS[C@H]1CCCCNC1=O. The van der Waals surface area contributed by atoms with Crippen LogP contribution in [0, 0.1) is 0 Å². The molecule has 80 valence electrons. The molecular formula is C9H15NO3S. The molecule has 0 bridgehead atoms. The van der Waals surface area contributed by atoms with E-state index in [4.69, 9.17) is 0 Å². The predicted octanol–water partition coefficient (Wildman–Crippen LogP) is 0.561. The van der Waals surface area contributed by atoms with Crippen molar-refractivity contribution in [3.05, 3.63) is 0 Å². The summed E-state index contributed by atoms with van der Waals surface area (Å²) in [6, 6.07) is 0. The zero-order valence-electron chi connectivity index (χ0n) is 8.25. The molecule has 1 aliphatic heterocycles. The maximum atomic E-state index is 11.4. The van der Waals surface area contributed by atoms with Crippen LogP contribution in [0.1, 0.15) is 19.3 Å². The van der Waals surface area contributed by atoms with Gasteiger partial charge in [-0.3, -0.25) is 9.59 Å². The lowest BCUT2D eigenvalue weighted by molar-refractivity contribution is -0.137. The number of methoxy groups -OCH3 is 1. The van der Waals surface area contributed by atoms with Gasteiger partial charge in [0.2, 0.25) is 5.91 Å². The molecule has 0 aliphatic carbocycles. The van der Waals surface area contributed by atoms with Gasteiger partial charge < -0.3 is 10.1 Å².